The second-order valence-corrected chi connectivity index (χ2v) is 9.41. The van der Waals surface area contributed by atoms with Crippen LogP contribution in [0.2, 0.25) is 0 Å². The fraction of sp³-hybridized carbons (Fsp3) is 0.444. The molecule has 8 nitrogen and oxygen atoms in total. The molecule has 1 saturated heterocycles. The van der Waals surface area contributed by atoms with E-state index in [9.17, 15) is 9.59 Å². The van der Waals surface area contributed by atoms with Crippen molar-refractivity contribution in [3.05, 3.63) is 59.8 Å². The Kier molecular flexibility index (Phi) is 8.87. The van der Waals surface area contributed by atoms with Gasteiger partial charge < -0.3 is 14.2 Å². The lowest BCUT2D eigenvalue weighted by Gasteiger charge is -2.31. The maximum absolute atomic E-state index is 13.2. The number of amides is 1. The molecule has 2 heterocycles. The minimum absolute atomic E-state index is 0.0797. The SMILES string of the molecule is CCOC(=O)/C=C/c1ccc(N(C(=O)OC(C)(C)C)[C@@H]2CCN(Cc3cccc(OC)c3)C2)nc1. The lowest BCUT2D eigenvalue weighted by atomic mass is 10.2. The number of nitrogens with zero attached hydrogens (tertiary/aromatic N) is 3. The average molecular weight is 482 g/mol. The number of likely N-dealkylation sites (tertiary alicyclic amines) is 1. The Morgan fingerprint density at radius 3 is 2.69 bits per heavy atom. The van der Waals surface area contributed by atoms with E-state index in [1.807, 2.05) is 45.0 Å². The van der Waals surface area contributed by atoms with Crippen molar-refractivity contribution in [1.29, 1.82) is 0 Å². The van der Waals surface area contributed by atoms with Crippen molar-refractivity contribution in [2.45, 2.75) is 52.3 Å². The number of aromatic nitrogens is 1. The van der Waals surface area contributed by atoms with E-state index in [2.05, 4.69) is 16.0 Å². The second kappa shape index (κ2) is 11.8. The number of pyridine rings is 1. The first-order valence-corrected chi connectivity index (χ1v) is 11.9. The van der Waals surface area contributed by atoms with E-state index in [1.165, 1.54) is 6.08 Å². The molecule has 0 radical (unpaired) electrons. The van der Waals surface area contributed by atoms with Gasteiger partial charge in [-0.1, -0.05) is 12.1 Å². The van der Waals surface area contributed by atoms with Crippen molar-refractivity contribution in [3.63, 3.8) is 0 Å². The van der Waals surface area contributed by atoms with Gasteiger partial charge in [-0.3, -0.25) is 9.80 Å². The van der Waals surface area contributed by atoms with Gasteiger partial charge in [-0.2, -0.15) is 0 Å². The zero-order chi connectivity index (χ0) is 25.4. The number of anilines is 1. The van der Waals surface area contributed by atoms with E-state index >= 15 is 0 Å². The Bertz CT molecular complexity index is 1030. The van der Waals surface area contributed by atoms with E-state index in [0.717, 1.165) is 36.4 Å². The van der Waals surface area contributed by atoms with Gasteiger partial charge in [-0.05, 0) is 75.6 Å². The molecule has 0 spiro atoms. The maximum Gasteiger partial charge on any atom is 0.416 e. The Morgan fingerprint density at radius 2 is 2.03 bits per heavy atom. The highest BCUT2D eigenvalue weighted by Crippen LogP contribution is 2.26. The number of esters is 1. The lowest BCUT2D eigenvalue weighted by Crippen LogP contribution is -2.45. The molecule has 1 atom stereocenters. The molecule has 1 amide bonds. The molecule has 0 aliphatic carbocycles. The number of hydrogen-bond donors (Lipinski definition) is 0. The minimum atomic E-state index is -0.628. The van der Waals surface area contributed by atoms with Crippen LogP contribution in [0.1, 0.15) is 45.2 Å². The first-order valence-electron chi connectivity index (χ1n) is 11.9. The van der Waals surface area contributed by atoms with Crippen molar-refractivity contribution in [3.8, 4) is 5.75 Å². The summed E-state index contributed by atoms with van der Waals surface area (Å²) in [6, 6.07) is 11.5. The molecular formula is C27H35N3O5. The Hall–Kier alpha value is -3.39. The van der Waals surface area contributed by atoms with E-state index in [4.69, 9.17) is 14.2 Å². The number of methoxy groups -OCH3 is 1. The zero-order valence-corrected chi connectivity index (χ0v) is 21.2. The van der Waals surface area contributed by atoms with Gasteiger partial charge in [0.1, 0.15) is 17.2 Å². The smallest absolute Gasteiger partial charge is 0.416 e. The van der Waals surface area contributed by atoms with Crippen molar-refractivity contribution >= 4 is 24.0 Å². The highest BCUT2D eigenvalue weighted by Gasteiger charge is 2.35. The quantitative estimate of drug-likeness (QED) is 0.400. The van der Waals surface area contributed by atoms with Crippen molar-refractivity contribution in [2.24, 2.45) is 0 Å². The number of ether oxygens (including phenoxy) is 3. The normalized spacial score (nSPS) is 16.3. The molecule has 1 fully saturated rings. The summed E-state index contributed by atoms with van der Waals surface area (Å²) in [4.78, 5) is 33.3. The monoisotopic (exact) mass is 481 g/mol. The third-order valence-corrected chi connectivity index (χ3v) is 5.46. The van der Waals surface area contributed by atoms with Crippen molar-refractivity contribution in [1.82, 2.24) is 9.88 Å². The Morgan fingerprint density at radius 1 is 1.23 bits per heavy atom. The van der Waals surface area contributed by atoms with Gasteiger partial charge in [0.2, 0.25) is 0 Å². The molecular weight excluding hydrogens is 446 g/mol. The summed E-state index contributed by atoms with van der Waals surface area (Å²) in [5.41, 5.74) is 1.26. The molecule has 0 N–H and O–H groups in total. The molecule has 1 aromatic heterocycles. The highest BCUT2D eigenvalue weighted by atomic mass is 16.6. The molecule has 1 aliphatic rings. The molecule has 0 bridgehead atoms. The second-order valence-electron chi connectivity index (χ2n) is 9.41. The summed E-state index contributed by atoms with van der Waals surface area (Å²) in [5, 5.41) is 0. The molecule has 3 rings (SSSR count). The van der Waals surface area contributed by atoms with Gasteiger partial charge in [0.15, 0.2) is 0 Å². The van der Waals surface area contributed by atoms with Crippen molar-refractivity contribution < 1.29 is 23.8 Å². The number of carbonyl (C=O) groups excluding carboxylic acids is 2. The number of rotatable bonds is 8. The summed E-state index contributed by atoms with van der Waals surface area (Å²) in [5.74, 6) is 0.935. The van der Waals surface area contributed by atoms with Gasteiger partial charge in [-0.25, -0.2) is 14.6 Å². The standard InChI is InChI=1S/C27H35N3O5/c1-6-34-25(31)13-11-20-10-12-24(28-17-20)30(26(32)35-27(2,3)4)22-14-15-29(19-22)18-21-8-7-9-23(16-21)33-5/h7-13,16-17,22H,6,14-15,18-19H2,1-5H3/b13-11+/t22-/m1/s1. The van der Waals surface area contributed by atoms with Crippen LogP contribution in [-0.4, -0.2) is 60.4 Å². The lowest BCUT2D eigenvalue weighted by molar-refractivity contribution is -0.137. The van der Waals surface area contributed by atoms with E-state index in [1.54, 1.807) is 37.3 Å². The minimum Gasteiger partial charge on any atom is -0.497 e. The van der Waals surface area contributed by atoms with E-state index < -0.39 is 17.7 Å². The van der Waals surface area contributed by atoms with Crippen molar-refractivity contribution in [2.75, 3.05) is 31.7 Å². The summed E-state index contributed by atoms with van der Waals surface area (Å²) >= 11 is 0. The first-order chi connectivity index (χ1) is 16.7. The maximum atomic E-state index is 13.2. The van der Waals surface area contributed by atoms with Crippen LogP contribution < -0.4 is 9.64 Å². The molecule has 35 heavy (non-hydrogen) atoms. The van der Waals surface area contributed by atoms with Gasteiger partial charge in [0, 0.05) is 31.9 Å². The van der Waals surface area contributed by atoms with Gasteiger partial charge in [0.25, 0.3) is 0 Å². The summed E-state index contributed by atoms with van der Waals surface area (Å²) < 4.78 is 16.0. The molecule has 8 heteroatoms. The van der Waals surface area contributed by atoms with E-state index in [-0.39, 0.29) is 6.04 Å². The first kappa shape index (κ1) is 26.2. The molecule has 1 aromatic carbocycles. The highest BCUT2D eigenvalue weighted by molar-refractivity contribution is 5.88. The van der Waals surface area contributed by atoms with Crippen LogP contribution in [0, 0.1) is 0 Å². The van der Waals surface area contributed by atoms with Crippen LogP contribution >= 0.6 is 0 Å². The molecule has 1 aliphatic heterocycles. The molecule has 188 valence electrons. The Labute approximate surface area is 207 Å². The fourth-order valence-corrected chi connectivity index (χ4v) is 3.93. The predicted octanol–water partition coefficient (Wildman–Crippen LogP) is 4.68. The molecule has 2 aromatic rings. The Balaban J connectivity index is 1.76. The number of benzene rings is 1. The van der Waals surface area contributed by atoms with Gasteiger partial charge in [-0.15, -0.1) is 0 Å². The third-order valence-electron chi connectivity index (χ3n) is 5.46. The number of carbonyl (C=O) groups is 2. The van der Waals surface area contributed by atoms with Crippen LogP contribution in [0.25, 0.3) is 6.08 Å². The average Bonchev–Trinajstić information content (AvgIpc) is 3.25. The number of hydrogen-bond acceptors (Lipinski definition) is 7. The zero-order valence-electron chi connectivity index (χ0n) is 21.2. The summed E-state index contributed by atoms with van der Waals surface area (Å²) in [6.45, 7) is 9.94. The van der Waals surface area contributed by atoms with Crippen LogP contribution in [-0.2, 0) is 20.8 Å². The summed E-state index contributed by atoms with van der Waals surface area (Å²) in [6.07, 6.45) is 5.01. The van der Waals surface area contributed by atoms with Crippen LogP contribution in [0.3, 0.4) is 0 Å². The largest absolute Gasteiger partial charge is 0.497 e. The predicted molar refractivity (Wildman–Crippen MR) is 135 cm³/mol. The molecule has 0 saturated carbocycles. The van der Waals surface area contributed by atoms with Gasteiger partial charge in [0.05, 0.1) is 19.8 Å². The van der Waals surface area contributed by atoms with E-state index in [0.29, 0.717) is 19.0 Å². The third kappa shape index (κ3) is 7.82. The van der Waals surface area contributed by atoms with Gasteiger partial charge >= 0.3 is 12.1 Å². The van der Waals surface area contributed by atoms with Crippen LogP contribution in [0.4, 0.5) is 10.6 Å². The molecule has 0 unspecified atom stereocenters. The topological polar surface area (TPSA) is 81.2 Å². The van der Waals surface area contributed by atoms with Crippen LogP contribution in [0.15, 0.2) is 48.7 Å². The van der Waals surface area contributed by atoms with Crippen LogP contribution in [0.5, 0.6) is 5.75 Å². The summed E-state index contributed by atoms with van der Waals surface area (Å²) in [7, 11) is 1.66. The fourth-order valence-electron chi connectivity index (χ4n) is 3.93.